The summed E-state index contributed by atoms with van der Waals surface area (Å²) in [6, 6.07) is 5.68. The molecular weight excluding hydrogens is 472 g/mol. The number of alkyl halides is 3. The number of amides is 1. The monoisotopic (exact) mass is 486 g/mol. The smallest absolute Gasteiger partial charge is 0.403 e. The van der Waals surface area contributed by atoms with Crippen LogP contribution in [0.4, 0.5) is 17.6 Å². The fourth-order valence-corrected chi connectivity index (χ4v) is 2.88. The summed E-state index contributed by atoms with van der Waals surface area (Å²) in [4.78, 5) is 35.3. The van der Waals surface area contributed by atoms with Crippen molar-refractivity contribution in [1.82, 2.24) is 20.3 Å². The van der Waals surface area contributed by atoms with Crippen LogP contribution < -0.4 is 15.6 Å². The van der Waals surface area contributed by atoms with Crippen LogP contribution in [0.2, 0.25) is 5.02 Å². The van der Waals surface area contributed by atoms with Gasteiger partial charge in [0.15, 0.2) is 17.4 Å². The predicted molar refractivity (Wildman–Crippen MR) is 108 cm³/mol. The maximum Gasteiger partial charge on any atom is 0.573 e. The van der Waals surface area contributed by atoms with Crippen LogP contribution in [0.1, 0.15) is 22.1 Å². The van der Waals surface area contributed by atoms with Gasteiger partial charge in [-0.15, -0.1) is 13.2 Å². The Kier molecular flexibility index (Phi) is 7.29. The summed E-state index contributed by atoms with van der Waals surface area (Å²) >= 11 is 5.79. The van der Waals surface area contributed by atoms with Crippen molar-refractivity contribution in [3.8, 4) is 17.3 Å². The van der Waals surface area contributed by atoms with Crippen molar-refractivity contribution >= 4 is 17.5 Å². The van der Waals surface area contributed by atoms with Crippen molar-refractivity contribution in [3.05, 3.63) is 75.0 Å². The largest absolute Gasteiger partial charge is 0.573 e. The van der Waals surface area contributed by atoms with Crippen LogP contribution in [0.25, 0.3) is 11.5 Å². The van der Waals surface area contributed by atoms with Crippen molar-refractivity contribution < 1.29 is 31.8 Å². The number of hydrogen-bond acceptors (Lipinski definition) is 6. The number of aromatic amines is 1. The number of H-pyrrole nitrogens is 1. The number of carbonyl (C=O) groups is 1. The Morgan fingerprint density at radius 3 is 2.61 bits per heavy atom. The van der Waals surface area contributed by atoms with E-state index in [-0.39, 0.29) is 29.4 Å². The number of rotatable bonds is 7. The topological polar surface area (TPSA) is 106 Å². The van der Waals surface area contributed by atoms with E-state index in [9.17, 15) is 27.2 Å². The maximum absolute atomic E-state index is 14.1. The molecule has 3 aromatic rings. The summed E-state index contributed by atoms with van der Waals surface area (Å²) in [6.45, 7) is -0.153. The van der Waals surface area contributed by atoms with Gasteiger partial charge in [-0.3, -0.25) is 14.6 Å². The first-order valence-corrected chi connectivity index (χ1v) is 9.52. The van der Waals surface area contributed by atoms with E-state index in [1.165, 1.54) is 25.4 Å². The second kappa shape index (κ2) is 9.96. The van der Waals surface area contributed by atoms with E-state index in [0.717, 1.165) is 24.3 Å². The number of benzene rings is 1. The fraction of sp³-hybridized carbons (Fsp3) is 0.200. The first kappa shape index (κ1) is 24.1. The van der Waals surface area contributed by atoms with E-state index in [4.69, 9.17) is 16.3 Å². The average molecular weight is 487 g/mol. The Morgan fingerprint density at radius 1 is 1.24 bits per heavy atom. The standard InChI is InChI=1S/C20H15ClF4N4O4/c1-32-9-15(10-2-5-16(12(22)6-10)33-20(23,24)25)28-19(31)14-7-17(30)29-18(27-14)13-4-3-11(21)8-26-13/h2-8,15H,9H2,1H3,(H,28,31)(H,27,29,30)/t15-/m1/s1. The van der Waals surface area contributed by atoms with E-state index in [2.05, 4.69) is 25.0 Å². The van der Waals surface area contributed by atoms with Crippen LogP contribution in [0, 0.1) is 5.82 Å². The summed E-state index contributed by atoms with van der Waals surface area (Å²) in [5.74, 6) is -3.11. The third-order valence-corrected chi connectivity index (χ3v) is 4.39. The van der Waals surface area contributed by atoms with E-state index < -0.39 is 35.4 Å². The van der Waals surface area contributed by atoms with Gasteiger partial charge in [0.25, 0.3) is 11.5 Å². The van der Waals surface area contributed by atoms with Gasteiger partial charge in [0.2, 0.25) is 0 Å². The summed E-state index contributed by atoms with van der Waals surface area (Å²) in [5, 5.41) is 2.87. The zero-order valence-corrected chi connectivity index (χ0v) is 17.5. The van der Waals surface area contributed by atoms with E-state index in [0.29, 0.717) is 5.02 Å². The van der Waals surface area contributed by atoms with Crippen LogP contribution in [0.3, 0.4) is 0 Å². The number of halogens is 5. The summed E-state index contributed by atoms with van der Waals surface area (Å²) in [6.07, 6.45) is -3.73. The molecule has 0 aliphatic rings. The highest BCUT2D eigenvalue weighted by Gasteiger charge is 2.32. The van der Waals surface area contributed by atoms with Crippen molar-refractivity contribution in [1.29, 1.82) is 0 Å². The molecule has 0 aliphatic heterocycles. The van der Waals surface area contributed by atoms with Gasteiger partial charge >= 0.3 is 6.36 Å². The molecule has 0 unspecified atom stereocenters. The minimum absolute atomic E-state index is 0.00676. The molecular formula is C20H15ClF4N4O4. The molecule has 2 heterocycles. The Morgan fingerprint density at radius 2 is 2.00 bits per heavy atom. The normalized spacial score (nSPS) is 12.3. The number of ether oxygens (including phenoxy) is 2. The molecule has 1 atom stereocenters. The fourth-order valence-electron chi connectivity index (χ4n) is 2.77. The van der Waals surface area contributed by atoms with Crippen LogP contribution in [-0.4, -0.2) is 40.9 Å². The molecule has 2 aromatic heterocycles. The molecule has 2 N–H and O–H groups in total. The maximum atomic E-state index is 14.1. The molecule has 8 nitrogen and oxygen atoms in total. The molecule has 0 saturated carbocycles. The van der Waals surface area contributed by atoms with Crippen LogP contribution in [-0.2, 0) is 4.74 Å². The Labute approximate surface area is 188 Å². The highest BCUT2D eigenvalue weighted by Crippen LogP contribution is 2.28. The highest BCUT2D eigenvalue weighted by atomic mass is 35.5. The molecule has 0 fully saturated rings. The number of carbonyl (C=O) groups excluding carboxylic acids is 1. The number of hydrogen-bond donors (Lipinski definition) is 2. The lowest BCUT2D eigenvalue weighted by Gasteiger charge is -2.19. The first-order valence-electron chi connectivity index (χ1n) is 9.14. The molecule has 0 spiro atoms. The quantitative estimate of drug-likeness (QED) is 0.494. The molecule has 1 amide bonds. The van der Waals surface area contributed by atoms with E-state index in [1.54, 1.807) is 0 Å². The summed E-state index contributed by atoms with van der Waals surface area (Å²) in [7, 11) is 1.31. The van der Waals surface area contributed by atoms with Crippen molar-refractivity contribution in [2.24, 2.45) is 0 Å². The van der Waals surface area contributed by atoms with Crippen LogP contribution in [0.15, 0.2) is 47.4 Å². The number of nitrogens with zero attached hydrogens (tertiary/aromatic N) is 2. The van der Waals surface area contributed by atoms with Gasteiger partial charge in [0.05, 0.1) is 17.7 Å². The predicted octanol–water partition coefficient (Wildman–Crippen LogP) is 3.64. The molecule has 0 radical (unpaired) electrons. The third-order valence-electron chi connectivity index (χ3n) is 4.17. The van der Waals surface area contributed by atoms with E-state index >= 15 is 0 Å². The minimum atomic E-state index is -5.06. The second-order valence-corrected chi connectivity index (χ2v) is 7.00. The van der Waals surface area contributed by atoms with Crippen molar-refractivity contribution in [2.75, 3.05) is 13.7 Å². The van der Waals surface area contributed by atoms with E-state index in [1.807, 2.05) is 0 Å². The van der Waals surface area contributed by atoms with Crippen molar-refractivity contribution in [3.63, 3.8) is 0 Å². The molecule has 0 aliphatic carbocycles. The third kappa shape index (κ3) is 6.49. The van der Waals surface area contributed by atoms with Gasteiger partial charge in [-0.1, -0.05) is 17.7 Å². The molecule has 0 bridgehead atoms. The average Bonchev–Trinajstić information content (AvgIpc) is 2.74. The number of nitrogens with one attached hydrogen (secondary N) is 2. The molecule has 33 heavy (non-hydrogen) atoms. The molecule has 174 valence electrons. The zero-order chi connectivity index (χ0) is 24.2. The van der Waals surface area contributed by atoms with Crippen LogP contribution in [0.5, 0.6) is 5.75 Å². The summed E-state index contributed by atoms with van der Waals surface area (Å²) in [5.41, 5.74) is -0.558. The van der Waals surface area contributed by atoms with Gasteiger partial charge < -0.3 is 19.8 Å². The van der Waals surface area contributed by atoms with Gasteiger partial charge in [-0.25, -0.2) is 9.37 Å². The Hall–Kier alpha value is -3.51. The Bertz CT molecular complexity index is 1200. The lowest BCUT2D eigenvalue weighted by Crippen LogP contribution is -2.33. The van der Waals surface area contributed by atoms with Gasteiger partial charge in [0, 0.05) is 19.4 Å². The minimum Gasteiger partial charge on any atom is -0.403 e. The van der Waals surface area contributed by atoms with Gasteiger partial charge in [-0.05, 0) is 29.8 Å². The first-order chi connectivity index (χ1) is 15.6. The molecule has 3 rings (SSSR count). The molecule has 13 heteroatoms. The Balaban J connectivity index is 1.86. The second-order valence-electron chi connectivity index (χ2n) is 6.56. The number of aromatic nitrogens is 3. The van der Waals surface area contributed by atoms with Gasteiger partial charge in [0.1, 0.15) is 11.4 Å². The lowest BCUT2D eigenvalue weighted by atomic mass is 10.1. The lowest BCUT2D eigenvalue weighted by molar-refractivity contribution is -0.275. The zero-order valence-electron chi connectivity index (χ0n) is 16.7. The van der Waals surface area contributed by atoms with Crippen LogP contribution >= 0.6 is 11.6 Å². The van der Waals surface area contributed by atoms with Gasteiger partial charge in [-0.2, -0.15) is 0 Å². The molecule has 1 aromatic carbocycles. The highest BCUT2D eigenvalue weighted by molar-refractivity contribution is 6.30. The summed E-state index contributed by atoms with van der Waals surface area (Å²) < 4.78 is 59.8. The SMILES string of the molecule is COC[C@@H](NC(=O)c1cc(=O)[nH]c(-c2ccc(Cl)cn2)n1)c1ccc(OC(F)(F)F)c(F)c1. The molecule has 0 saturated heterocycles. The number of methoxy groups -OCH3 is 1. The number of pyridine rings is 1. The van der Waals surface area contributed by atoms with Crippen molar-refractivity contribution in [2.45, 2.75) is 12.4 Å².